The van der Waals surface area contributed by atoms with Crippen LogP contribution >= 0.6 is 24.0 Å². The van der Waals surface area contributed by atoms with Gasteiger partial charge in [0.25, 0.3) is 0 Å². The number of halogens is 1. The molecule has 0 aromatic rings. The lowest BCUT2D eigenvalue weighted by molar-refractivity contribution is -0.129. The Kier molecular flexibility index (Phi) is 9.76. The first-order valence-corrected chi connectivity index (χ1v) is 10.7. The minimum Gasteiger partial charge on any atom is -0.379 e. The summed E-state index contributed by atoms with van der Waals surface area (Å²) in [5, 5.41) is 7.15. The number of amides is 1. The van der Waals surface area contributed by atoms with Crippen LogP contribution in [0, 0.1) is 0 Å². The summed E-state index contributed by atoms with van der Waals surface area (Å²) >= 11 is 0. The minimum absolute atomic E-state index is 0. The standard InChI is InChI=1S/C20H37N5O2.HI/c1-3-18(26)24-10-7-17(15-24)23-19(21-2)22-16-20(8-5-4-6-9-20)25-11-13-27-14-12-25;/h17H,3-16H2,1-2H3,(H2,21,22,23);1H. The molecule has 0 aromatic heterocycles. The molecule has 2 heterocycles. The van der Waals surface area contributed by atoms with Crippen molar-refractivity contribution in [1.29, 1.82) is 0 Å². The Morgan fingerprint density at radius 2 is 1.89 bits per heavy atom. The normalized spacial score (nSPS) is 25.9. The molecule has 2 aliphatic heterocycles. The number of nitrogens with one attached hydrogen (secondary N) is 2. The molecule has 1 atom stereocenters. The fourth-order valence-corrected chi connectivity index (χ4v) is 4.82. The van der Waals surface area contributed by atoms with Crippen molar-refractivity contribution in [2.75, 3.05) is 53.0 Å². The number of morpholine rings is 1. The molecule has 0 aromatic carbocycles. The van der Waals surface area contributed by atoms with Gasteiger partial charge in [-0.1, -0.05) is 26.2 Å². The topological polar surface area (TPSA) is 69.2 Å². The second-order valence-electron chi connectivity index (χ2n) is 8.13. The highest BCUT2D eigenvalue weighted by molar-refractivity contribution is 14.0. The van der Waals surface area contributed by atoms with Gasteiger partial charge >= 0.3 is 0 Å². The average molecular weight is 507 g/mol. The zero-order chi connectivity index (χ0) is 19.1. The van der Waals surface area contributed by atoms with E-state index in [0.29, 0.717) is 6.42 Å². The maximum absolute atomic E-state index is 11.9. The van der Waals surface area contributed by atoms with Crippen molar-refractivity contribution in [2.45, 2.75) is 63.5 Å². The lowest BCUT2D eigenvalue weighted by Crippen LogP contribution is -2.61. The van der Waals surface area contributed by atoms with E-state index >= 15 is 0 Å². The number of aliphatic imine (C=N–C) groups is 1. The maximum Gasteiger partial charge on any atom is 0.222 e. The SMILES string of the molecule is CCC(=O)N1CCC(NC(=NC)NCC2(N3CCOCC3)CCCCC2)C1.I. The molecular formula is C20H38IN5O2. The van der Waals surface area contributed by atoms with Crippen LogP contribution in [-0.2, 0) is 9.53 Å². The van der Waals surface area contributed by atoms with Crippen molar-refractivity contribution < 1.29 is 9.53 Å². The van der Waals surface area contributed by atoms with Gasteiger partial charge in [0.2, 0.25) is 5.91 Å². The molecule has 3 aliphatic rings. The molecule has 0 spiro atoms. The Bertz CT molecular complexity index is 519. The molecule has 1 saturated carbocycles. The van der Waals surface area contributed by atoms with Gasteiger partial charge in [0, 0.05) is 57.8 Å². The molecule has 162 valence electrons. The van der Waals surface area contributed by atoms with Crippen LogP contribution in [-0.4, -0.2) is 86.2 Å². The van der Waals surface area contributed by atoms with Crippen molar-refractivity contribution >= 4 is 35.8 Å². The Labute approximate surface area is 187 Å². The van der Waals surface area contributed by atoms with E-state index in [1.165, 1.54) is 32.1 Å². The van der Waals surface area contributed by atoms with E-state index in [2.05, 4.69) is 20.5 Å². The summed E-state index contributed by atoms with van der Waals surface area (Å²) in [6.07, 6.45) is 8.03. The molecular weight excluding hydrogens is 469 g/mol. The predicted octanol–water partition coefficient (Wildman–Crippen LogP) is 1.82. The van der Waals surface area contributed by atoms with Gasteiger partial charge in [-0.05, 0) is 19.3 Å². The number of carbonyl (C=O) groups is 1. The van der Waals surface area contributed by atoms with Crippen molar-refractivity contribution in [1.82, 2.24) is 20.4 Å². The van der Waals surface area contributed by atoms with Gasteiger partial charge in [-0.3, -0.25) is 14.7 Å². The molecule has 8 heteroatoms. The van der Waals surface area contributed by atoms with Crippen molar-refractivity contribution in [2.24, 2.45) is 4.99 Å². The second kappa shape index (κ2) is 11.5. The van der Waals surface area contributed by atoms with Gasteiger partial charge in [0.15, 0.2) is 5.96 Å². The van der Waals surface area contributed by atoms with E-state index in [1.54, 1.807) is 0 Å². The first kappa shape index (κ1) is 23.7. The third kappa shape index (κ3) is 5.95. The van der Waals surface area contributed by atoms with Crippen LogP contribution in [0.25, 0.3) is 0 Å². The molecule has 1 amide bonds. The molecule has 3 fully saturated rings. The lowest BCUT2D eigenvalue weighted by atomic mass is 9.80. The highest BCUT2D eigenvalue weighted by atomic mass is 127. The molecule has 0 bridgehead atoms. The summed E-state index contributed by atoms with van der Waals surface area (Å²) in [5.41, 5.74) is 0.222. The Morgan fingerprint density at radius 3 is 2.54 bits per heavy atom. The van der Waals surface area contributed by atoms with E-state index in [9.17, 15) is 4.79 Å². The van der Waals surface area contributed by atoms with E-state index in [1.807, 2.05) is 18.9 Å². The predicted molar refractivity (Wildman–Crippen MR) is 123 cm³/mol. The fraction of sp³-hybridized carbons (Fsp3) is 0.900. The van der Waals surface area contributed by atoms with Crippen molar-refractivity contribution in [3.05, 3.63) is 0 Å². The maximum atomic E-state index is 11.9. The Balaban J connectivity index is 0.00000280. The average Bonchev–Trinajstić information content (AvgIpc) is 3.20. The van der Waals surface area contributed by atoms with Gasteiger partial charge in [-0.25, -0.2) is 0 Å². The van der Waals surface area contributed by atoms with Gasteiger partial charge < -0.3 is 20.3 Å². The summed E-state index contributed by atoms with van der Waals surface area (Å²) < 4.78 is 5.58. The molecule has 2 N–H and O–H groups in total. The third-order valence-corrected chi connectivity index (χ3v) is 6.46. The van der Waals surface area contributed by atoms with Crippen LogP contribution in [0.5, 0.6) is 0 Å². The highest BCUT2D eigenvalue weighted by Crippen LogP contribution is 2.33. The third-order valence-electron chi connectivity index (χ3n) is 6.46. The molecule has 0 radical (unpaired) electrons. The summed E-state index contributed by atoms with van der Waals surface area (Å²) in [6, 6.07) is 0.289. The summed E-state index contributed by atoms with van der Waals surface area (Å²) in [4.78, 5) is 21.0. The number of hydrogen-bond acceptors (Lipinski definition) is 4. The highest BCUT2D eigenvalue weighted by Gasteiger charge is 2.38. The number of likely N-dealkylation sites (tertiary alicyclic amines) is 1. The second-order valence-corrected chi connectivity index (χ2v) is 8.13. The van der Waals surface area contributed by atoms with Crippen molar-refractivity contribution in [3.8, 4) is 0 Å². The van der Waals surface area contributed by atoms with Gasteiger partial charge in [-0.15, -0.1) is 24.0 Å². The van der Waals surface area contributed by atoms with E-state index in [-0.39, 0.29) is 41.5 Å². The van der Waals surface area contributed by atoms with E-state index in [0.717, 1.165) is 58.3 Å². The molecule has 1 unspecified atom stereocenters. The van der Waals surface area contributed by atoms with Gasteiger partial charge in [0.1, 0.15) is 0 Å². The molecule has 3 rings (SSSR count). The van der Waals surface area contributed by atoms with E-state index in [4.69, 9.17) is 4.74 Å². The number of guanidine groups is 1. The number of nitrogens with zero attached hydrogens (tertiary/aromatic N) is 3. The van der Waals surface area contributed by atoms with Crippen LogP contribution in [0.3, 0.4) is 0 Å². The Hall–Kier alpha value is -0.610. The molecule has 7 nitrogen and oxygen atoms in total. The quantitative estimate of drug-likeness (QED) is 0.338. The number of carbonyl (C=O) groups excluding carboxylic acids is 1. The minimum atomic E-state index is 0. The van der Waals surface area contributed by atoms with E-state index < -0.39 is 0 Å². The lowest BCUT2D eigenvalue weighted by Gasteiger charge is -2.48. The zero-order valence-corrected chi connectivity index (χ0v) is 19.9. The summed E-state index contributed by atoms with van der Waals surface area (Å²) in [6.45, 7) is 8.24. The van der Waals surface area contributed by atoms with Gasteiger partial charge in [0.05, 0.1) is 13.2 Å². The largest absolute Gasteiger partial charge is 0.379 e. The van der Waals surface area contributed by atoms with Crippen LogP contribution in [0.1, 0.15) is 51.9 Å². The zero-order valence-electron chi connectivity index (χ0n) is 17.5. The fourth-order valence-electron chi connectivity index (χ4n) is 4.82. The molecule has 2 saturated heterocycles. The molecule has 28 heavy (non-hydrogen) atoms. The molecule has 1 aliphatic carbocycles. The first-order valence-electron chi connectivity index (χ1n) is 10.7. The van der Waals surface area contributed by atoms with Crippen LogP contribution in [0.2, 0.25) is 0 Å². The van der Waals surface area contributed by atoms with Crippen LogP contribution < -0.4 is 10.6 Å². The number of hydrogen-bond donors (Lipinski definition) is 2. The van der Waals surface area contributed by atoms with Crippen LogP contribution in [0.15, 0.2) is 4.99 Å². The monoisotopic (exact) mass is 507 g/mol. The first-order chi connectivity index (χ1) is 13.2. The summed E-state index contributed by atoms with van der Waals surface area (Å²) in [7, 11) is 1.83. The number of rotatable bonds is 5. The Morgan fingerprint density at radius 1 is 1.18 bits per heavy atom. The number of ether oxygens (including phenoxy) is 1. The smallest absolute Gasteiger partial charge is 0.222 e. The summed E-state index contributed by atoms with van der Waals surface area (Å²) in [5.74, 6) is 1.11. The van der Waals surface area contributed by atoms with Gasteiger partial charge in [-0.2, -0.15) is 0 Å². The van der Waals surface area contributed by atoms with Crippen LogP contribution in [0.4, 0.5) is 0 Å². The van der Waals surface area contributed by atoms with Crippen molar-refractivity contribution in [3.63, 3.8) is 0 Å².